The van der Waals surface area contributed by atoms with E-state index in [0.29, 0.717) is 126 Å². The molecule has 4 heterocycles. The number of aryl methyl sites for hydroxylation is 1. The minimum absolute atomic E-state index is 0.0113. The van der Waals surface area contributed by atoms with Gasteiger partial charge in [0.1, 0.15) is 24.1 Å². The monoisotopic (exact) mass is 1210 g/mol. The number of urea groups is 1. The van der Waals surface area contributed by atoms with Crippen molar-refractivity contribution in [1.82, 2.24) is 54.9 Å². The number of rotatable bonds is 38. The van der Waals surface area contributed by atoms with Gasteiger partial charge in [0.25, 0.3) is 0 Å². The van der Waals surface area contributed by atoms with E-state index in [1.54, 1.807) is 51.6 Å². The molecule has 1 unspecified atom stereocenters. The van der Waals surface area contributed by atoms with E-state index >= 15 is 0 Å². The van der Waals surface area contributed by atoms with Gasteiger partial charge in [0.05, 0.1) is 70.6 Å². The maximum Gasteiger partial charge on any atom is 0.325 e. The van der Waals surface area contributed by atoms with E-state index in [1.807, 2.05) is 77.6 Å². The van der Waals surface area contributed by atoms with Gasteiger partial charge >= 0.3 is 6.03 Å². The molecule has 3 N–H and O–H groups in total. The number of piperazine rings is 1. The van der Waals surface area contributed by atoms with Crippen LogP contribution in [-0.4, -0.2) is 199 Å². The molecule has 0 bridgehead atoms. The van der Waals surface area contributed by atoms with E-state index in [2.05, 4.69) is 71.9 Å². The van der Waals surface area contributed by atoms with E-state index in [-0.39, 0.29) is 36.6 Å². The molecule has 23 nitrogen and oxygen atoms in total. The Morgan fingerprint density at radius 1 is 0.724 bits per heavy atom. The maximum atomic E-state index is 14.1. The zero-order valence-electron chi connectivity index (χ0n) is 50.9. The van der Waals surface area contributed by atoms with Gasteiger partial charge in [-0.1, -0.05) is 47.7 Å². The fraction of sp³-hybridized carbons (Fsp3) is 0.508. The van der Waals surface area contributed by atoms with E-state index in [1.165, 1.54) is 11.3 Å². The molecule has 3 aromatic heterocycles. The van der Waals surface area contributed by atoms with Gasteiger partial charge in [0.15, 0.2) is 5.13 Å². The van der Waals surface area contributed by atoms with Gasteiger partial charge in [-0.3, -0.25) is 19.7 Å². The van der Waals surface area contributed by atoms with Crippen molar-refractivity contribution in [2.45, 2.75) is 90.4 Å². The van der Waals surface area contributed by atoms with E-state index in [0.717, 1.165) is 87.5 Å². The third kappa shape index (κ3) is 22.2. The first kappa shape index (κ1) is 65.4. The molecule has 6 aromatic rings. The number of anilines is 3. The van der Waals surface area contributed by atoms with E-state index in [4.69, 9.17) is 23.7 Å². The van der Waals surface area contributed by atoms with Crippen molar-refractivity contribution in [2.75, 3.05) is 135 Å². The molecule has 1 aliphatic carbocycles. The lowest BCUT2D eigenvalue weighted by atomic mass is 10.0. The highest BCUT2D eigenvalue weighted by molar-refractivity contribution is 7.14. The molecule has 1 saturated carbocycles. The van der Waals surface area contributed by atoms with Gasteiger partial charge in [-0.15, -0.1) is 16.4 Å². The van der Waals surface area contributed by atoms with Crippen LogP contribution in [0.1, 0.15) is 80.1 Å². The Balaban J connectivity index is 0.611. The fourth-order valence-corrected chi connectivity index (χ4v) is 10.4. The maximum absolute atomic E-state index is 14.1. The Labute approximate surface area is 515 Å². The van der Waals surface area contributed by atoms with Crippen LogP contribution in [0.4, 0.5) is 21.6 Å². The second-order valence-electron chi connectivity index (χ2n) is 21.6. The van der Waals surface area contributed by atoms with Crippen LogP contribution < -0.4 is 30.3 Å². The number of thiazole rings is 1. The number of nitrogens with zero attached hydrogens (tertiary/aromatic N) is 11. The zero-order valence-corrected chi connectivity index (χ0v) is 51.7. The molecule has 5 amide bonds. The minimum Gasteiger partial charge on any atom is -0.494 e. The standard InChI is InChI=1S/C63H86N14O9S/c1-5-74(6-2)61-65-44-50(45-66-61)59(60(80)64-43-49-12-8-7-9-13-49)77(54-19-20-54)57(78)25-16-48-14-21-55(22-15-48)85-34-11-10-27-72(3)32-36-83-39-38-82-35-26-52-46-76(71-70-52)33-37-84-40-41-86-56-23-17-51(18-24-56)67-62(81)69-63-68-53(47-87-63)42-58(79)75-30-28-73(4)29-31-75/h7-9,12-15,17-18,21-24,44-47,54,59H,5-6,10-11,16,19-20,25-43H2,1-4H3,(H,64,80)(H2,67,68,69,81). The van der Waals surface area contributed by atoms with E-state index in [9.17, 15) is 19.2 Å². The van der Waals surface area contributed by atoms with Crippen molar-refractivity contribution in [3.05, 3.63) is 131 Å². The molecular weight excluding hydrogens is 1130 g/mol. The Morgan fingerprint density at radius 3 is 2.14 bits per heavy atom. The highest BCUT2D eigenvalue weighted by Gasteiger charge is 2.41. The number of nitrogens with one attached hydrogen (secondary N) is 3. The summed E-state index contributed by atoms with van der Waals surface area (Å²) in [7, 11) is 4.14. The highest BCUT2D eigenvalue weighted by Crippen LogP contribution is 2.36. The molecule has 1 aliphatic heterocycles. The molecule has 0 spiro atoms. The summed E-state index contributed by atoms with van der Waals surface area (Å²) in [6, 6.07) is 23.5. The predicted octanol–water partition coefficient (Wildman–Crippen LogP) is 6.77. The number of carbonyl (C=O) groups excluding carboxylic acids is 4. The van der Waals surface area contributed by atoms with Crippen LogP contribution in [0.5, 0.6) is 11.5 Å². The molecule has 0 radical (unpaired) electrons. The minimum atomic E-state index is -0.838. The van der Waals surface area contributed by atoms with Crippen molar-refractivity contribution >= 4 is 51.9 Å². The van der Waals surface area contributed by atoms with Crippen LogP contribution in [0.25, 0.3) is 0 Å². The summed E-state index contributed by atoms with van der Waals surface area (Å²) in [6.45, 7) is 15.4. The molecule has 8 rings (SSSR count). The summed E-state index contributed by atoms with van der Waals surface area (Å²) in [5.74, 6) is 1.78. The molecule has 2 aliphatic rings. The molecule has 1 atom stereocenters. The smallest absolute Gasteiger partial charge is 0.325 e. The number of hydrogen-bond acceptors (Lipinski definition) is 18. The number of benzene rings is 3. The first-order valence-electron chi connectivity index (χ1n) is 30.4. The SMILES string of the molecule is CCN(CC)c1ncc(C(C(=O)NCc2ccccc2)N(C(=O)CCc2ccc(OCCCCN(C)CCOCCOCCc3cn(CCOCCOc4ccc(NC(=O)Nc5nc(CC(=O)N6CCN(C)CC6)cs5)cc4)nn3)cc2)C2CC2)cn1. The van der Waals surface area contributed by atoms with Crippen LogP contribution in [0.3, 0.4) is 0 Å². The summed E-state index contributed by atoms with van der Waals surface area (Å²) >= 11 is 1.28. The molecule has 3 aromatic carbocycles. The number of ether oxygens (including phenoxy) is 5. The number of hydrogen-bond donors (Lipinski definition) is 3. The summed E-state index contributed by atoms with van der Waals surface area (Å²) in [6.07, 6.45) is 10.6. The third-order valence-corrected chi connectivity index (χ3v) is 15.8. The Morgan fingerprint density at radius 2 is 1.41 bits per heavy atom. The van der Waals surface area contributed by atoms with Crippen molar-refractivity contribution in [3.8, 4) is 11.5 Å². The van der Waals surface area contributed by atoms with Crippen LogP contribution in [0.15, 0.2) is 103 Å². The van der Waals surface area contributed by atoms with Gasteiger partial charge < -0.3 is 58.8 Å². The van der Waals surface area contributed by atoms with Crippen molar-refractivity contribution < 1.29 is 42.9 Å². The lowest BCUT2D eigenvalue weighted by Crippen LogP contribution is -2.47. The second kappa shape index (κ2) is 35.3. The quantitative estimate of drug-likeness (QED) is 0.0339. The van der Waals surface area contributed by atoms with Gasteiger partial charge in [-0.2, -0.15) is 0 Å². The Hall–Kier alpha value is -7.61. The molecular formula is C63H86N14O9S. The lowest BCUT2D eigenvalue weighted by molar-refractivity contribution is -0.141. The van der Waals surface area contributed by atoms with Crippen molar-refractivity contribution in [2.24, 2.45) is 0 Å². The average Bonchev–Trinajstić information content (AvgIpc) is 2.42. The Kier molecular flexibility index (Phi) is 26.5. The van der Waals surface area contributed by atoms with Crippen molar-refractivity contribution in [1.29, 1.82) is 0 Å². The number of aromatic nitrogens is 6. The van der Waals surface area contributed by atoms with Crippen LogP contribution in [0.2, 0.25) is 0 Å². The third-order valence-electron chi connectivity index (χ3n) is 15.0. The van der Waals surface area contributed by atoms with Crippen LogP contribution in [-0.2, 0) is 60.9 Å². The first-order valence-corrected chi connectivity index (χ1v) is 31.3. The normalized spacial score (nSPS) is 13.7. The summed E-state index contributed by atoms with van der Waals surface area (Å²) < 4.78 is 31.0. The molecule has 1 saturated heterocycles. The predicted molar refractivity (Wildman–Crippen MR) is 334 cm³/mol. The summed E-state index contributed by atoms with van der Waals surface area (Å²) in [5.41, 5.74) is 4.69. The Bertz CT molecular complexity index is 2990. The molecule has 468 valence electrons. The second-order valence-corrected chi connectivity index (χ2v) is 22.5. The molecule has 87 heavy (non-hydrogen) atoms. The highest BCUT2D eigenvalue weighted by atomic mass is 32.1. The fourth-order valence-electron chi connectivity index (χ4n) is 9.71. The van der Waals surface area contributed by atoms with E-state index < -0.39 is 12.1 Å². The molecule has 2 fully saturated rings. The van der Waals surface area contributed by atoms with Gasteiger partial charge in [-0.05, 0) is 114 Å². The number of carbonyl (C=O) groups is 4. The number of likely N-dealkylation sites (N-methyl/N-ethyl adjacent to an activating group) is 2. The topological polar surface area (TPSA) is 236 Å². The van der Waals surface area contributed by atoms with Crippen molar-refractivity contribution in [3.63, 3.8) is 0 Å². The number of amides is 5. The van der Waals surface area contributed by atoms with Gasteiger partial charge in [0.2, 0.25) is 23.7 Å². The lowest BCUT2D eigenvalue weighted by Gasteiger charge is -2.32. The van der Waals surface area contributed by atoms with Gasteiger partial charge in [-0.25, -0.2) is 24.4 Å². The summed E-state index contributed by atoms with van der Waals surface area (Å²) in [5, 5.41) is 19.3. The number of unbranched alkanes of at least 4 members (excludes halogenated alkanes) is 1. The first-order chi connectivity index (χ1) is 42.5. The summed E-state index contributed by atoms with van der Waals surface area (Å²) in [4.78, 5) is 77.2. The zero-order chi connectivity index (χ0) is 61.0. The largest absolute Gasteiger partial charge is 0.494 e. The molecule has 24 heteroatoms. The van der Waals surface area contributed by atoms with Crippen LogP contribution in [0, 0.1) is 0 Å². The van der Waals surface area contributed by atoms with Crippen LogP contribution >= 0.6 is 11.3 Å². The average molecular weight is 1220 g/mol. The van der Waals surface area contributed by atoms with Gasteiger partial charge in [0, 0.05) is 106 Å².